The van der Waals surface area contributed by atoms with Crippen molar-refractivity contribution in [2.45, 2.75) is 19.3 Å². The van der Waals surface area contributed by atoms with Gasteiger partial charge in [-0.3, -0.25) is 9.10 Å². The fraction of sp³-hybridized carbons (Fsp3) is 0.269. The second-order valence-electron chi connectivity index (χ2n) is 8.32. The third-order valence-corrected chi connectivity index (χ3v) is 6.80. The molecule has 34 heavy (non-hydrogen) atoms. The molecule has 1 N–H and O–H groups in total. The van der Waals surface area contributed by atoms with Crippen molar-refractivity contribution in [2.75, 3.05) is 40.4 Å². The number of sulfonamides is 1. The fourth-order valence-electron chi connectivity index (χ4n) is 3.94. The Bertz CT molecular complexity index is 1190. The smallest absolute Gasteiger partial charge is 0.245 e. The highest BCUT2D eigenvalue weighted by atomic mass is 32.2. The van der Waals surface area contributed by atoms with Gasteiger partial charge in [0.15, 0.2) is 0 Å². The number of amides is 1. The number of rotatable bonds is 8. The summed E-state index contributed by atoms with van der Waals surface area (Å²) < 4.78 is 31.7. The second-order valence-corrected chi connectivity index (χ2v) is 10.2. The molecule has 178 valence electrons. The maximum Gasteiger partial charge on any atom is 0.245 e. The quantitative estimate of drug-likeness (QED) is 0.499. The number of ether oxygens (including phenoxy) is 1. The van der Waals surface area contributed by atoms with Crippen LogP contribution < -0.4 is 19.3 Å². The van der Waals surface area contributed by atoms with Crippen LogP contribution in [-0.2, 0) is 14.8 Å². The number of piperidine rings is 1. The highest BCUT2D eigenvalue weighted by Crippen LogP contribution is 2.26. The molecular weight excluding hydrogens is 450 g/mol. The molecular formula is C26H29N3O4S. The molecule has 0 saturated carbocycles. The van der Waals surface area contributed by atoms with Gasteiger partial charge in [-0.1, -0.05) is 18.2 Å². The van der Waals surface area contributed by atoms with Crippen molar-refractivity contribution in [1.82, 2.24) is 0 Å². The van der Waals surface area contributed by atoms with Gasteiger partial charge in [0.05, 0.1) is 11.9 Å². The number of hydrogen-bond acceptors (Lipinski definition) is 5. The van der Waals surface area contributed by atoms with Crippen LogP contribution in [0, 0.1) is 0 Å². The summed E-state index contributed by atoms with van der Waals surface area (Å²) in [7, 11) is -3.67. The third-order valence-electron chi connectivity index (χ3n) is 5.66. The van der Waals surface area contributed by atoms with E-state index in [1.54, 1.807) is 24.3 Å². The second kappa shape index (κ2) is 10.6. The Balaban J connectivity index is 1.40. The van der Waals surface area contributed by atoms with Crippen LogP contribution in [0.2, 0.25) is 0 Å². The Morgan fingerprint density at radius 1 is 0.882 bits per heavy atom. The predicted octanol–water partition coefficient (Wildman–Crippen LogP) is 4.87. The van der Waals surface area contributed by atoms with E-state index < -0.39 is 15.9 Å². The number of carbonyl (C=O) groups excluding carboxylic acids is 1. The maximum atomic E-state index is 12.7. The zero-order chi connectivity index (χ0) is 24.0. The summed E-state index contributed by atoms with van der Waals surface area (Å²) in [4.78, 5) is 15.0. The first kappa shape index (κ1) is 23.6. The minimum Gasteiger partial charge on any atom is -0.457 e. The van der Waals surface area contributed by atoms with Crippen LogP contribution in [-0.4, -0.2) is 40.2 Å². The van der Waals surface area contributed by atoms with Gasteiger partial charge in [0.2, 0.25) is 15.9 Å². The molecule has 1 heterocycles. The van der Waals surface area contributed by atoms with Crippen LogP contribution in [0.3, 0.4) is 0 Å². The van der Waals surface area contributed by atoms with Crippen molar-refractivity contribution in [3.8, 4) is 11.5 Å². The molecule has 1 aliphatic rings. The van der Waals surface area contributed by atoms with Crippen molar-refractivity contribution in [3.63, 3.8) is 0 Å². The van der Waals surface area contributed by atoms with Gasteiger partial charge in [-0.25, -0.2) is 8.42 Å². The SMILES string of the molecule is CS(=O)(=O)N(CC(=O)Nc1ccc(N2CCCCC2)cc1)c1ccc(Oc2ccccc2)cc1. The van der Waals surface area contributed by atoms with E-state index >= 15 is 0 Å². The molecule has 4 rings (SSSR count). The minimum absolute atomic E-state index is 0.328. The predicted molar refractivity (Wildman–Crippen MR) is 136 cm³/mol. The average molecular weight is 480 g/mol. The lowest BCUT2D eigenvalue weighted by molar-refractivity contribution is -0.114. The molecule has 0 bridgehead atoms. The van der Waals surface area contributed by atoms with Gasteiger partial charge < -0.3 is 15.0 Å². The van der Waals surface area contributed by atoms with Gasteiger partial charge in [0, 0.05) is 24.5 Å². The van der Waals surface area contributed by atoms with Crippen LogP contribution >= 0.6 is 0 Å². The Hall–Kier alpha value is -3.52. The topological polar surface area (TPSA) is 79.0 Å². The van der Waals surface area contributed by atoms with E-state index in [1.165, 1.54) is 19.3 Å². The van der Waals surface area contributed by atoms with Crippen LogP contribution in [0.5, 0.6) is 11.5 Å². The third kappa shape index (κ3) is 6.29. The van der Waals surface area contributed by atoms with Gasteiger partial charge in [0.25, 0.3) is 0 Å². The molecule has 3 aromatic carbocycles. The van der Waals surface area contributed by atoms with Gasteiger partial charge in [-0.2, -0.15) is 0 Å². The van der Waals surface area contributed by atoms with Gasteiger partial charge in [-0.15, -0.1) is 0 Å². The van der Waals surface area contributed by atoms with Crippen LogP contribution in [0.1, 0.15) is 19.3 Å². The van der Waals surface area contributed by atoms with E-state index in [0.717, 1.165) is 29.3 Å². The van der Waals surface area contributed by atoms with Crippen molar-refractivity contribution in [1.29, 1.82) is 0 Å². The van der Waals surface area contributed by atoms with E-state index in [0.29, 0.717) is 22.9 Å². The van der Waals surface area contributed by atoms with Crippen LogP contribution in [0.25, 0.3) is 0 Å². The molecule has 1 aliphatic heterocycles. The molecule has 0 radical (unpaired) electrons. The first-order chi connectivity index (χ1) is 16.4. The number of hydrogen-bond donors (Lipinski definition) is 1. The van der Waals surface area contributed by atoms with Crippen LogP contribution in [0.4, 0.5) is 17.1 Å². The normalized spacial score (nSPS) is 13.9. The van der Waals surface area contributed by atoms with Gasteiger partial charge in [-0.05, 0) is 79.9 Å². The van der Waals surface area contributed by atoms with Crippen molar-refractivity contribution in [3.05, 3.63) is 78.9 Å². The zero-order valence-electron chi connectivity index (χ0n) is 19.2. The first-order valence-electron chi connectivity index (χ1n) is 11.3. The van der Waals surface area contributed by atoms with Crippen molar-refractivity contribution >= 4 is 33.0 Å². The monoisotopic (exact) mass is 479 g/mol. The first-order valence-corrected chi connectivity index (χ1v) is 13.2. The molecule has 1 amide bonds. The lowest BCUT2D eigenvalue weighted by atomic mass is 10.1. The lowest BCUT2D eigenvalue weighted by Crippen LogP contribution is -2.37. The molecule has 0 aliphatic carbocycles. The Kier molecular flexibility index (Phi) is 7.37. The summed E-state index contributed by atoms with van der Waals surface area (Å²) >= 11 is 0. The standard InChI is InChI=1S/C26H29N3O4S/c1-34(31,32)29(23-14-16-25(17-15-23)33-24-8-4-2-5-9-24)20-26(30)27-21-10-12-22(13-11-21)28-18-6-3-7-19-28/h2,4-5,8-17H,3,6-7,18-20H2,1H3,(H,27,30). The van der Waals surface area contributed by atoms with E-state index in [-0.39, 0.29) is 6.54 Å². The van der Waals surface area contributed by atoms with Crippen molar-refractivity contribution in [2.24, 2.45) is 0 Å². The highest BCUT2D eigenvalue weighted by Gasteiger charge is 2.21. The summed E-state index contributed by atoms with van der Waals surface area (Å²) in [5.74, 6) is 0.836. The minimum atomic E-state index is -3.67. The number of nitrogens with one attached hydrogen (secondary N) is 1. The molecule has 1 fully saturated rings. The summed E-state index contributed by atoms with van der Waals surface area (Å²) in [6.45, 7) is 1.76. The Morgan fingerprint density at radius 3 is 2.12 bits per heavy atom. The molecule has 0 aromatic heterocycles. The zero-order valence-corrected chi connectivity index (χ0v) is 20.0. The Labute approximate surface area is 201 Å². The van der Waals surface area contributed by atoms with E-state index in [2.05, 4.69) is 10.2 Å². The summed E-state index contributed by atoms with van der Waals surface area (Å²) in [6, 6.07) is 23.6. The summed E-state index contributed by atoms with van der Waals surface area (Å²) in [5.41, 5.74) is 2.15. The molecule has 3 aromatic rings. The Morgan fingerprint density at radius 2 is 1.50 bits per heavy atom. The van der Waals surface area contributed by atoms with E-state index in [4.69, 9.17) is 4.74 Å². The van der Waals surface area contributed by atoms with E-state index in [1.807, 2.05) is 54.6 Å². The molecule has 0 atom stereocenters. The summed E-state index contributed by atoms with van der Waals surface area (Å²) in [6.07, 6.45) is 4.74. The molecule has 8 heteroatoms. The fourth-order valence-corrected chi connectivity index (χ4v) is 4.80. The molecule has 1 saturated heterocycles. The summed E-state index contributed by atoms with van der Waals surface area (Å²) in [5, 5.41) is 2.80. The lowest BCUT2D eigenvalue weighted by Gasteiger charge is -2.28. The number of nitrogens with zero attached hydrogens (tertiary/aromatic N) is 2. The maximum absolute atomic E-state index is 12.7. The number of anilines is 3. The number of para-hydroxylation sites is 1. The van der Waals surface area contributed by atoms with Gasteiger partial charge >= 0.3 is 0 Å². The highest BCUT2D eigenvalue weighted by molar-refractivity contribution is 7.92. The number of benzene rings is 3. The van der Waals surface area contributed by atoms with E-state index in [9.17, 15) is 13.2 Å². The molecule has 0 unspecified atom stereocenters. The molecule has 7 nitrogen and oxygen atoms in total. The van der Waals surface area contributed by atoms with Crippen molar-refractivity contribution < 1.29 is 17.9 Å². The number of carbonyl (C=O) groups is 1. The van der Waals surface area contributed by atoms with Crippen LogP contribution in [0.15, 0.2) is 78.9 Å². The molecule has 0 spiro atoms. The van der Waals surface area contributed by atoms with Gasteiger partial charge in [0.1, 0.15) is 18.0 Å². The largest absolute Gasteiger partial charge is 0.457 e. The average Bonchev–Trinajstić information content (AvgIpc) is 2.84.